The van der Waals surface area contributed by atoms with Crippen LogP contribution in [0.2, 0.25) is 5.02 Å². The Morgan fingerprint density at radius 2 is 1.70 bits per heavy atom. The van der Waals surface area contributed by atoms with Crippen molar-refractivity contribution in [3.05, 3.63) is 53.1 Å². The molecule has 8 heteroatoms. The lowest BCUT2D eigenvalue weighted by Crippen LogP contribution is -2.41. The van der Waals surface area contributed by atoms with Gasteiger partial charge in [0.05, 0.1) is 15.5 Å². The fraction of sp³-hybridized carbons (Fsp3) is 0.364. The molecule has 160 valence electrons. The first kappa shape index (κ1) is 22.3. The van der Waals surface area contributed by atoms with Crippen molar-refractivity contribution in [1.82, 2.24) is 5.32 Å². The molecule has 2 atom stereocenters. The second-order valence-electron chi connectivity index (χ2n) is 7.69. The molecular formula is C22H25ClN2O4S. The molecule has 1 aliphatic rings. The minimum Gasteiger partial charge on any atom is -0.349 e. The molecule has 0 heterocycles. The summed E-state index contributed by atoms with van der Waals surface area (Å²) >= 11 is 5.86. The second kappa shape index (κ2) is 9.18. The number of amides is 2. The molecule has 2 amide bonds. The van der Waals surface area contributed by atoms with E-state index in [0.717, 1.165) is 25.7 Å². The highest BCUT2D eigenvalue weighted by Gasteiger charge is 2.26. The lowest BCUT2D eigenvalue weighted by Gasteiger charge is -2.29. The molecule has 0 saturated heterocycles. The summed E-state index contributed by atoms with van der Waals surface area (Å²) in [6, 6.07) is 10.1. The van der Waals surface area contributed by atoms with Crippen LogP contribution in [0.15, 0.2) is 52.3 Å². The fourth-order valence-corrected chi connectivity index (χ4v) is 5.24. The molecule has 0 spiro atoms. The summed E-state index contributed by atoms with van der Waals surface area (Å²) in [6.07, 6.45) is 4.23. The zero-order chi connectivity index (χ0) is 21.9. The van der Waals surface area contributed by atoms with Gasteiger partial charge in [-0.3, -0.25) is 9.59 Å². The van der Waals surface area contributed by atoms with Gasteiger partial charge in [-0.2, -0.15) is 0 Å². The third-order valence-corrected chi connectivity index (χ3v) is 7.47. The van der Waals surface area contributed by atoms with E-state index in [0.29, 0.717) is 16.5 Å². The average molecular weight is 449 g/mol. The van der Waals surface area contributed by atoms with Crippen molar-refractivity contribution in [1.29, 1.82) is 0 Å². The number of sulfone groups is 1. The maximum atomic E-state index is 13.1. The van der Waals surface area contributed by atoms with E-state index in [-0.39, 0.29) is 27.4 Å². The van der Waals surface area contributed by atoms with Gasteiger partial charge in [0.1, 0.15) is 0 Å². The van der Waals surface area contributed by atoms with Crippen LogP contribution in [-0.4, -0.2) is 26.3 Å². The van der Waals surface area contributed by atoms with Gasteiger partial charge in [-0.05, 0) is 61.2 Å². The molecule has 3 rings (SSSR count). The molecular weight excluding hydrogens is 424 g/mol. The number of benzene rings is 2. The molecule has 0 radical (unpaired) electrons. The van der Waals surface area contributed by atoms with Crippen molar-refractivity contribution in [2.45, 2.75) is 55.4 Å². The van der Waals surface area contributed by atoms with Gasteiger partial charge in [0.2, 0.25) is 15.7 Å². The standard InChI is InChI=1S/C22H25ClN2O4S/c1-14-5-3-4-6-19(14)25-22(27)16-7-12-21(20(13-16)24-15(2)26)30(28,29)18-10-8-17(23)9-11-18/h7-14,19H,3-6H2,1-2H3,(H,24,26)(H,25,27). The molecule has 2 aromatic rings. The first-order valence-corrected chi connectivity index (χ1v) is 11.8. The molecule has 1 aliphatic carbocycles. The monoisotopic (exact) mass is 448 g/mol. The summed E-state index contributed by atoms with van der Waals surface area (Å²) in [5, 5.41) is 6.01. The Labute approximate surface area is 181 Å². The van der Waals surface area contributed by atoms with Crippen molar-refractivity contribution in [3.63, 3.8) is 0 Å². The highest BCUT2D eigenvalue weighted by Crippen LogP contribution is 2.30. The third-order valence-electron chi connectivity index (χ3n) is 5.39. The third kappa shape index (κ3) is 5.02. The van der Waals surface area contributed by atoms with E-state index in [1.807, 2.05) is 0 Å². The van der Waals surface area contributed by atoms with Crippen LogP contribution in [0.5, 0.6) is 0 Å². The first-order valence-electron chi connectivity index (χ1n) is 9.91. The van der Waals surface area contributed by atoms with Gasteiger partial charge in [-0.15, -0.1) is 0 Å². The van der Waals surface area contributed by atoms with Crippen LogP contribution in [0.1, 0.15) is 49.9 Å². The number of anilines is 1. The van der Waals surface area contributed by atoms with Crippen LogP contribution in [0.3, 0.4) is 0 Å². The quantitative estimate of drug-likeness (QED) is 0.707. The van der Waals surface area contributed by atoms with E-state index in [1.54, 1.807) is 0 Å². The predicted octanol–water partition coefficient (Wildman–Crippen LogP) is 4.44. The largest absolute Gasteiger partial charge is 0.349 e. The Morgan fingerprint density at radius 3 is 2.33 bits per heavy atom. The summed E-state index contributed by atoms with van der Waals surface area (Å²) < 4.78 is 26.2. The average Bonchev–Trinajstić information content (AvgIpc) is 2.69. The van der Waals surface area contributed by atoms with E-state index in [9.17, 15) is 18.0 Å². The summed E-state index contributed by atoms with van der Waals surface area (Å²) in [6.45, 7) is 3.41. The molecule has 2 N–H and O–H groups in total. The second-order valence-corrected chi connectivity index (χ2v) is 10.0. The Kier molecular flexibility index (Phi) is 6.83. The topological polar surface area (TPSA) is 92.3 Å². The molecule has 0 bridgehead atoms. The van der Waals surface area contributed by atoms with Gasteiger partial charge in [0, 0.05) is 23.6 Å². The molecule has 6 nitrogen and oxygen atoms in total. The van der Waals surface area contributed by atoms with E-state index in [1.165, 1.54) is 49.4 Å². The number of hydrogen-bond acceptors (Lipinski definition) is 4. The lowest BCUT2D eigenvalue weighted by atomic mass is 9.86. The normalized spacial score (nSPS) is 19.2. The van der Waals surface area contributed by atoms with Crippen LogP contribution >= 0.6 is 11.6 Å². The summed E-state index contributed by atoms with van der Waals surface area (Å²) in [7, 11) is -3.92. The van der Waals surface area contributed by atoms with Crippen molar-refractivity contribution in [3.8, 4) is 0 Å². The van der Waals surface area contributed by atoms with Gasteiger partial charge >= 0.3 is 0 Å². The van der Waals surface area contributed by atoms with Gasteiger partial charge in [-0.25, -0.2) is 8.42 Å². The lowest BCUT2D eigenvalue weighted by molar-refractivity contribution is -0.114. The van der Waals surface area contributed by atoms with Crippen LogP contribution in [0, 0.1) is 5.92 Å². The summed E-state index contributed by atoms with van der Waals surface area (Å²) in [4.78, 5) is 24.4. The Balaban J connectivity index is 1.94. The zero-order valence-corrected chi connectivity index (χ0v) is 18.5. The van der Waals surface area contributed by atoms with Gasteiger partial charge < -0.3 is 10.6 Å². The molecule has 30 heavy (non-hydrogen) atoms. The Morgan fingerprint density at radius 1 is 1.03 bits per heavy atom. The van der Waals surface area contributed by atoms with Gasteiger partial charge in [0.15, 0.2) is 0 Å². The van der Waals surface area contributed by atoms with Crippen LogP contribution in [0.25, 0.3) is 0 Å². The molecule has 2 aromatic carbocycles. The van der Waals surface area contributed by atoms with Crippen molar-refractivity contribution < 1.29 is 18.0 Å². The molecule has 0 aromatic heterocycles. The van der Waals surface area contributed by atoms with Crippen LogP contribution in [0.4, 0.5) is 5.69 Å². The number of carbonyl (C=O) groups excluding carboxylic acids is 2. The van der Waals surface area contributed by atoms with E-state index in [2.05, 4.69) is 17.6 Å². The van der Waals surface area contributed by atoms with E-state index >= 15 is 0 Å². The summed E-state index contributed by atoms with van der Waals surface area (Å²) in [5.74, 6) is -0.320. The zero-order valence-electron chi connectivity index (χ0n) is 16.9. The minimum atomic E-state index is -3.92. The number of hydrogen-bond donors (Lipinski definition) is 2. The first-order chi connectivity index (χ1) is 14.2. The van der Waals surface area contributed by atoms with Crippen molar-refractivity contribution >= 4 is 38.9 Å². The fourth-order valence-electron chi connectivity index (χ4n) is 3.72. The molecule has 0 aliphatic heterocycles. The Bertz CT molecular complexity index is 1050. The van der Waals surface area contributed by atoms with Crippen molar-refractivity contribution in [2.24, 2.45) is 5.92 Å². The number of halogens is 1. The Hall–Kier alpha value is -2.38. The summed E-state index contributed by atoms with van der Waals surface area (Å²) in [5.41, 5.74) is 0.369. The molecule has 1 saturated carbocycles. The number of carbonyl (C=O) groups is 2. The van der Waals surface area contributed by atoms with Crippen LogP contribution in [-0.2, 0) is 14.6 Å². The minimum absolute atomic E-state index is 0.0479. The van der Waals surface area contributed by atoms with Crippen LogP contribution < -0.4 is 10.6 Å². The highest BCUT2D eigenvalue weighted by atomic mass is 35.5. The van der Waals surface area contributed by atoms with E-state index in [4.69, 9.17) is 11.6 Å². The highest BCUT2D eigenvalue weighted by molar-refractivity contribution is 7.91. The molecule has 1 fully saturated rings. The molecule has 2 unspecified atom stereocenters. The number of rotatable bonds is 5. The van der Waals surface area contributed by atoms with Crippen molar-refractivity contribution in [2.75, 3.05) is 5.32 Å². The SMILES string of the molecule is CC(=O)Nc1cc(C(=O)NC2CCCCC2C)ccc1S(=O)(=O)c1ccc(Cl)cc1. The predicted molar refractivity (Wildman–Crippen MR) is 117 cm³/mol. The number of nitrogens with one attached hydrogen (secondary N) is 2. The van der Waals surface area contributed by atoms with Gasteiger partial charge in [-0.1, -0.05) is 31.4 Å². The van der Waals surface area contributed by atoms with E-state index < -0.39 is 15.7 Å². The maximum Gasteiger partial charge on any atom is 0.251 e. The smallest absolute Gasteiger partial charge is 0.251 e. The maximum absolute atomic E-state index is 13.1. The van der Waals surface area contributed by atoms with Gasteiger partial charge in [0.25, 0.3) is 5.91 Å².